The number of aromatic hydroxyl groups is 1. The van der Waals surface area contributed by atoms with E-state index in [9.17, 15) is 50.1 Å². The first-order chi connectivity index (χ1) is 23.5. The largest absolute Gasteiger partial charge is 0.506 e. The van der Waals surface area contributed by atoms with Crippen LogP contribution >= 0.6 is 0 Å². The van der Waals surface area contributed by atoms with Gasteiger partial charge >= 0.3 is 5.97 Å². The number of phenolic OH excluding ortho intramolecular Hbond substituents is 1. The molecule has 2 aromatic rings. The van der Waals surface area contributed by atoms with Gasteiger partial charge in [-0.2, -0.15) is 0 Å². The highest BCUT2D eigenvalue weighted by atomic mass is 16.7. The molecule has 1 aromatic heterocycles. The van der Waals surface area contributed by atoms with Crippen LogP contribution in [0.25, 0.3) is 10.9 Å². The molecule has 0 aliphatic carbocycles. The van der Waals surface area contributed by atoms with Gasteiger partial charge in [0.25, 0.3) is 5.91 Å². The minimum Gasteiger partial charge on any atom is -0.506 e. The number of pyridine rings is 1. The van der Waals surface area contributed by atoms with E-state index in [4.69, 9.17) is 18.9 Å². The number of carbonyl (C=O) groups is 2. The second kappa shape index (κ2) is 18.1. The number of hydrogen-bond donors (Lipinski definition) is 9. The normalized spacial score (nSPS) is 30.3. The first kappa shape index (κ1) is 38.6. The number of ether oxygens (including phenoxy) is 5. The van der Waals surface area contributed by atoms with Gasteiger partial charge in [0.05, 0.1) is 25.8 Å². The first-order valence-corrected chi connectivity index (χ1v) is 16.2. The van der Waals surface area contributed by atoms with E-state index in [0.29, 0.717) is 12.8 Å². The number of hydrogen-bond acceptors (Lipinski definition) is 15. The van der Waals surface area contributed by atoms with E-state index in [1.54, 1.807) is 0 Å². The number of aliphatic hydroxyl groups excluding tert-OH is 6. The van der Waals surface area contributed by atoms with Crippen molar-refractivity contribution in [2.45, 2.75) is 106 Å². The van der Waals surface area contributed by atoms with E-state index in [2.05, 4.69) is 15.0 Å². The number of amides is 1. The Labute approximate surface area is 281 Å². The van der Waals surface area contributed by atoms with Gasteiger partial charge < -0.3 is 69.7 Å². The molecule has 4 rings (SSSR count). The molecule has 274 valence electrons. The van der Waals surface area contributed by atoms with Crippen molar-refractivity contribution in [3.05, 3.63) is 40.2 Å². The molecule has 2 aliphatic heterocycles. The quantitative estimate of drug-likeness (QED) is 0.0715. The number of nitrogens with one attached hydrogen (secondary N) is 2. The summed E-state index contributed by atoms with van der Waals surface area (Å²) in [7, 11) is 1.35. The summed E-state index contributed by atoms with van der Waals surface area (Å²) in [6.07, 6.45) is -9.17. The molecule has 9 N–H and O–H groups in total. The minimum absolute atomic E-state index is 0.0165. The number of unbranched alkanes of at least 4 members (excludes halogenated alkanes) is 5. The third-order valence-corrected chi connectivity index (χ3v) is 8.66. The molecule has 0 bridgehead atoms. The molecule has 0 radical (unpaired) electrons. The summed E-state index contributed by atoms with van der Waals surface area (Å²) in [6.45, 7) is -1.33. The van der Waals surface area contributed by atoms with E-state index in [0.717, 1.165) is 38.2 Å². The monoisotopic (exact) mass is 698 g/mol. The van der Waals surface area contributed by atoms with Gasteiger partial charge in [0.1, 0.15) is 60.2 Å². The molecule has 17 nitrogen and oxygen atoms in total. The van der Waals surface area contributed by atoms with Crippen LogP contribution in [-0.4, -0.2) is 141 Å². The van der Waals surface area contributed by atoms with Gasteiger partial charge in [0.2, 0.25) is 0 Å². The number of H-pyrrole nitrogens is 1. The van der Waals surface area contributed by atoms with Crippen LogP contribution in [0.1, 0.15) is 55.4 Å². The zero-order valence-electron chi connectivity index (χ0n) is 27.1. The molecule has 49 heavy (non-hydrogen) atoms. The molecule has 17 heteroatoms. The highest BCUT2D eigenvalue weighted by Gasteiger charge is 2.51. The summed E-state index contributed by atoms with van der Waals surface area (Å²) >= 11 is 0. The number of aromatic amines is 1. The summed E-state index contributed by atoms with van der Waals surface area (Å²) < 4.78 is 27.7. The lowest BCUT2D eigenvalue weighted by atomic mass is 9.95. The Bertz CT molecular complexity index is 1440. The number of methoxy groups -OCH3 is 1. The Morgan fingerprint density at radius 2 is 1.55 bits per heavy atom. The Morgan fingerprint density at radius 3 is 2.24 bits per heavy atom. The Morgan fingerprint density at radius 1 is 0.878 bits per heavy atom. The molecule has 3 heterocycles. The van der Waals surface area contributed by atoms with Crippen molar-refractivity contribution < 1.29 is 69.0 Å². The van der Waals surface area contributed by atoms with Crippen molar-refractivity contribution in [3.63, 3.8) is 0 Å². The predicted octanol–water partition coefficient (Wildman–Crippen LogP) is -1.48. The number of benzene rings is 1. The van der Waals surface area contributed by atoms with Crippen LogP contribution in [0.15, 0.2) is 29.1 Å². The smallest absolute Gasteiger partial charge is 0.305 e. The Hall–Kier alpha value is -3.23. The van der Waals surface area contributed by atoms with Crippen molar-refractivity contribution in [1.29, 1.82) is 0 Å². The molecular weight excluding hydrogens is 652 g/mol. The SMILES string of the molecule is COC(=O)CCCCCCCCO[C@@H]1OC(CO)[C@@H](OC2OC(CO)[C@H](O)C(O)C2O)C(O)C1NC(=O)c1cc(=O)c2cccc(O)c2[nH]1. The number of rotatable bonds is 16. The van der Waals surface area contributed by atoms with Gasteiger partial charge in [-0.05, 0) is 25.0 Å². The third-order valence-electron chi connectivity index (χ3n) is 8.66. The fraction of sp³-hybridized carbons (Fsp3) is 0.656. The average molecular weight is 699 g/mol. The molecule has 0 spiro atoms. The standard InChI is InChI=1S/C32H46N2O15/c1-45-22(39)11-6-4-2-3-5-7-12-46-31-24(34-30(44)17-13-19(38)16-9-8-10-18(37)23(16)33-17)26(41)29(21(15-36)48-31)49-32-28(43)27(42)25(40)20(14-35)47-32/h8-10,13,20-21,24-29,31-32,35-37,40-43H,2-7,11-12,14-15H2,1H3,(H,33,38)(H,34,44)/t20?,21?,24?,25-,26?,27?,28?,29+,31+,32?/m0/s1. The third kappa shape index (κ3) is 9.52. The lowest BCUT2D eigenvalue weighted by molar-refractivity contribution is -0.348. The number of para-hydroxylation sites is 1. The van der Waals surface area contributed by atoms with Gasteiger partial charge in [-0.15, -0.1) is 0 Å². The van der Waals surface area contributed by atoms with Crippen LogP contribution in [0.4, 0.5) is 0 Å². The van der Waals surface area contributed by atoms with Crippen LogP contribution in [0, 0.1) is 0 Å². The van der Waals surface area contributed by atoms with Gasteiger partial charge in [-0.3, -0.25) is 14.4 Å². The van der Waals surface area contributed by atoms with Crippen molar-refractivity contribution >= 4 is 22.8 Å². The van der Waals surface area contributed by atoms with Gasteiger partial charge in [0, 0.05) is 24.5 Å². The molecular formula is C32H46N2O15. The maximum atomic E-state index is 13.5. The van der Waals surface area contributed by atoms with E-state index < -0.39 is 85.9 Å². The zero-order valence-corrected chi connectivity index (χ0v) is 27.1. The number of phenols is 1. The van der Waals surface area contributed by atoms with Crippen molar-refractivity contribution in [3.8, 4) is 5.75 Å². The molecule has 7 unspecified atom stereocenters. The maximum Gasteiger partial charge on any atom is 0.305 e. The number of aliphatic hydroxyl groups is 6. The summed E-state index contributed by atoms with van der Waals surface area (Å²) in [5, 5.41) is 75.1. The molecule has 2 saturated heterocycles. The van der Waals surface area contributed by atoms with Crippen LogP contribution in [-0.2, 0) is 28.5 Å². The number of esters is 1. The first-order valence-electron chi connectivity index (χ1n) is 16.2. The van der Waals surface area contributed by atoms with Crippen LogP contribution in [0.5, 0.6) is 5.75 Å². The number of fused-ring (bicyclic) bond motifs is 1. The minimum atomic E-state index is -1.83. The number of carbonyl (C=O) groups excluding carboxylic acids is 2. The summed E-state index contributed by atoms with van der Waals surface area (Å²) in [6, 6.07) is 3.90. The zero-order chi connectivity index (χ0) is 35.7. The van der Waals surface area contributed by atoms with Crippen LogP contribution in [0.2, 0.25) is 0 Å². The van der Waals surface area contributed by atoms with E-state index in [1.165, 1.54) is 25.3 Å². The fourth-order valence-electron chi connectivity index (χ4n) is 5.85. The topological polar surface area (TPSA) is 267 Å². The van der Waals surface area contributed by atoms with Crippen LogP contribution < -0.4 is 10.7 Å². The molecule has 2 fully saturated rings. The van der Waals surface area contributed by atoms with Gasteiger partial charge in [-0.1, -0.05) is 31.7 Å². The van der Waals surface area contributed by atoms with E-state index >= 15 is 0 Å². The van der Waals surface area contributed by atoms with Crippen molar-refractivity contribution in [2.24, 2.45) is 0 Å². The molecule has 10 atom stereocenters. The number of aromatic nitrogens is 1. The highest BCUT2D eigenvalue weighted by molar-refractivity contribution is 5.96. The summed E-state index contributed by atoms with van der Waals surface area (Å²) in [4.78, 5) is 40.2. The van der Waals surface area contributed by atoms with E-state index in [-0.39, 0.29) is 34.9 Å². The maximum absolute atomic E-state index is 13.5. The molecule has 0 saturated carbocycles. The second-order valence-corrected chi connectivity index (χ2v) is 12.1. The Kier molecular flexibility index (Phi) is 14.3. The summed E-state index contributed by atoms with van der Waals surface area (Å²) in [5.41, 5.74) is -0.798. The van der Waals surface area contributed by atoms with Crippen molar-refractivity contribution in [1.82, 2.24) is 10.3 Å². The molecule has 1 aromatic carbocycles. The lowest BCUT2D eigenvalue weighted by Gasteiger charge is -2.47. The summed E-state index contributed by atoms with van der Waals surface area (Å²) in [5.74, 6) is -1.41. The van der Waals surface area contributed by atoms with Gasteiger partial charge in [-0.25, -0.2) is 0 Å². The predicted molar refractivity (Wildman–Crippen MR) is 168 cm³/mol. The van der Waals surface area contributed by atoms with E-state index in [1.807, 2.05) is 0 Å². The molecule has 2 aliphatic rings. The lowest BCUT2D eigenvalue weighted by Crippen LogP contribution is -2.67. The van der Waals surface area contributed by atoms with Crippen LogP contribution in [0.3, 0.4) is 0 Å². The second-order valence-electron chi connectivity index (χ2n) is 12.1. The fourth-order valence-corrected chi connectivity index (χ4v) is 5.85. The van der Waals surface area contributed by atoms with Gasteiger partial charge in [0.15, 0.2) is 18.0 Å². The highest BCUT2D eigenvalue weighted by Crippen LogP contribution is 2.30. The molecule has 1 amide bonds. The Balaban J connectivity index is 1.48. The average Bonchev–Trinajstić information content (AvgIpc) is 3.09. The van der Waals surface area contributed by atoms with Crippen molar-refractivity contribution in [2.75, 3.05) is 26.9 Å².